The molecule has 21 aromatic rings. The molecule has 462 valence electrons. The largest absolute Gasteiger partial charge is 0.489 e. The summed E-state index contributed by atoms with van der Waals surface area (Å²) in [4.78, 5) is 0. The second-order valence-corrected chi connectivity index (χ2v) is 27.5. The molecule has 0 radical (unpaired) electrons. The topological polar surface area (TPSA) is 40.5 Å². The van der Waals surface area contributed by atoms with Gasteiger partial charge in [0.05, 0.1) is 0 Å². The molecular formula is C94H57BBr2O2. The summed E-state index contributed by atoms with van der Waals surface area (Å²) < 4.78 is 2.34. The number of hydrogen-bond donors (Lipinski definition) is 2. The first kappa shape index (κ1) is 59.0. The molecule has 5 heteroatoms. The summed E-state index contributed by atoms with van der Waals surface area (Å²) in [5.41, 5.74) is 5.65. The molecule has 0 saturated heterocycles. The van der Waals surface area contributed by atoms with Crippen LogP contribution in [0.15, 0.2) is 343 Å². The molecule has 21 aromatic carbocycles. The van der Waals surface area contributed by atoms with Crippen molar-refractivity contribution in [2.24, 2.45) is 0 Å². The van der Waals surface area contributed by atoms with Crippen LogP contribution in [0.25, 0.3) is 195 Å². The third kappa shape index (κ3) is 9.23. The van der Waals surface area contributed by atoms with Gasteiger partial charge in [-0.25, -0.2) is 0 Å². The molecule has 0 aliphatic rings. The van der Waals surface area contributed by atoms with E-state index < -0.39 is 7.12 Å². The average Bonchev–Trinajstić information content (AvgIpc) is 0.704. The fraction of sp³-hybridized carbons (Fsp3) is 0. The van der Waals surface area contributed by atoms with Gasteiger partial charge >= 0.3 is 7.12 Å². The van der Waals surface area contributed by atoms with Gasteiger partial charge in [-0.3, -0.25) is 0 Å². The van der Waals surface area contributed by atoms with Crippen LogP contribution in [-0.2, 0) is 0 Å². The maximum absolute atomic E-state index is 9.92. The standard InChI is InChI=1S/C58H34.C22H15BO2.C14H8Br2/c1-3-21-39-35(17-1)37-19-5-9-25-43(37)55-45-27-11-7-23-41(45)53(33-51(39)55)57-47-29-13-15-31-49(47)58(50-32-16-14-30-48(50)57)54-34-52-40-22-4-2-18-36(40)38-20-6-10-26-44(38)56(52)46-28-12-8-24-42(46)54;24-23(25)21-13-20-16-9-2-1-7-14(16)15-8-3-5-11-18(15)22(20)19-12-6-4-10-17(19)21;15-13-9-5-1-2-6-10(9)14(16)12-8-4-3-7-11(12)13/h1-34H;1-13,24-25H;1-8H. The monoisotopic (exact) mass is 1390 g/mol. The minimum Gasteiger partial charge on any atom is -0.423 e. The van der Waals surface area contributed by atoms with E-state index in [1.54, 1.807) is 0 Å². The third-order valence-corrected chi connectivity index (χ3v) is 22.5. The highest BCUT2D eigenvalue weighted by Gasteiger charge is 2.25. The van der Waals surface area contributed by atoms with Crippen LogP contribution in [0.5, 0.6) is 0 Å². The molecule has 0 spiro atoms. The Morgan fingerprint density at radius 3 is 0.606 bits per heavy atom. The predicted octanol–water partition coefficient (Wildman–Crippen LogP) is 26.0. The first-order chi connectivity index (χ1) is 48.9. The van der Waals surface area contributed by atoms with E-state index in [-0.39, 0.29) is 0 Å². The SMILES string of the molecule is Brc1c2ccccc2c(Br)c2ccccc12.OB(O)c1cc2c3ccccc3c3ccccc3c2c2ccccc12.c1ccc2c(-c3cc4c5ccccc5c5ccccc5c4c4ccccc34)c3ccccc3c(-c3cc4c5ccccc5c5ccccc5c4c4ccccc34)c2c1. The zero-order valence-corrected chi connectivity index (χ0v) is 56.7. The second-order valence-electron chi connectivity index (χ2n) is 25.9. The Balaban J connectivity index is 0.000000135. The molecule has 0 aliphatic heterocycles. The molecule has 0 aliphatic carbocycles. The fourth-order valence-corrected chi connectivity index (χ4v) is 18.1. The lowest BCUT2D eigenvalue weighted by atomic mass is 9.75. The highest BCUT2D eigenvalue weighted by Crippen LogP contribution is 2.52. The van der Waals surface area contributed by atoms with Crippen molar-refractivity contribution in [3.63, 3.8) is 0 Å². The minimum atomic E-state index is -1.50. The van der Waals surface area contributed by atoms with Crippen LogP contribution in [0.2, 0.25) is 0 Å². The summed E-state index contributed by atoms with van der Waals surface area (Å²) in [6.45, 7) is 0. The van der Waals surface area contributed by atoms with Gasteiger partial charge in [0.25, 0.3) is 0 Å². The summed E-state index contributed by atoms with van der Waals surface area (Å²) in [5.74, 6) is 0. The van der Waals surface area contributed by atoms with E-state index in [0.717, 1.165) is 26.9 Å². The van der Waals surface area contributed by atoms with E-state index in [4.69, 9.17) is 0 Å². The molecule has 0 heterocycles. The maximum Gasteiger partial charge on any atom is 0.489 e. The summed E-state index contributed by atoms with van der Waals surface area (Å²) >= 11 is 7.39. The normalized spacial score (nSPS) is 11.8. The van der Waals surface area contributed by atoms with Gasteiger partial charge in [-0.2, -0.15) is 0 Å². The first-order valence-electron chi connectivity index (χ1n) is 33.7. The molecule has 0 bridgehead atoms. The van der Waals surface area contributed by atoms with Crippen molar-refractivity contribution in [2.45, 2.75) is 0 Å². The van der Waals surface area contributed by atoms with Gasteiger partial charge in [0.15, 0.2) is 0 Å². The number of halogens is 2. The lowest BCUT2D eigenvalue weighted by Crippen LogP contribution is -2.30. The second kappa shape index (κ2) is 23.8. The number of benzene rings is 21. The van der Waals surface area contributed by atoms with E-state index in [2.05, 4.69) is 329 Å². The van der Waals surface area contributed by atoms with Crippen LogP contribution in [0.1, 0.15) is 0 Å². The number of rotatable bonds is 3. The van der Waals surface area contributed by atoms with Crippen molar-refractivity contribution in [3.8, 4) is 22.3 Å². The highest BCUT2D eigenvalue weighted by molar-refractivity contribution is 9.11. The van der Waals surface area contributed by atoms with Crippen molar-refractivity contribution < 1.29 is 10.0 Å². The molecular weight excluding hydrogens is 1330 g/mol. The zero-order chi connectivity index (χ0) is 66.0. The van der Waals surface area contributed by atoms with Crippen LogP contribution in [0.3, 0.4) is 0 Å². The third-order valence-electron chi connectivity index (χ3n) is 20.8. The Morgan fingerprint density at radius 1 is 0.172 bits per heavy atom. The molecule has 0 unspecified atom stereocenters. The predicted molar refractivity (Wildman–Crippen MR) is 436 cm³/mol. The lowest BCUT2D eigenvalue weighted by Gasteiger charge is -2.22. The highest BCUT2D eigenvalue weighted by atomic mass is 79.9. The van der Waals surface area contributed by atoms with E-state index in [1.807, 2.05) is 36.4 Å². The van der Waals surface area contributed by atoms with E-state index >= 15 is 0 Å². The molecule has 2 nitrogen and oxygen atoms in total. The Morgan fingerprint density at radius 2 is 0.343 bits per heavy atom. The summed E-state index contributed by atoms with van der Waals surface area (Å²) in [7, 11) is -1.50. The van der Waals surface area contributed by atoms with Crippen molar-refractivity contribution in [2.75, 3.05) is 0 Å². The fourth-order valence-electron chi connectivity index (χ4n) is 16.7. The number of hydrogen-bond acceptors (Lipinski definition) is 2. The smallest absolute Gasteiger partial charge is 0.423 e. The summed E-state index contributed by atoms with van der Waals surface area (Å²) in [6, 6.07) is 121. The molecule has 2 N–H and O–H groups in total. The molecule has 0 aromatic heterocycles. The van der Waals surface area contributed by atoms with Gasteiger partial charge in [0, 0.05) is 8.95 Å². The summed E-state index contributed by atoms with van der Waals surface area (Å²) in [5, 5.41) is 59.4. The Bertz CT molecular complexity index is 6570. The van der Waals surface area contributed by atoms with E-state index in [1.165, 1.54) is 177 Å². The van der Waals surface area contributed by atoms with Crippen LogP contribution in [0.4, 0.5) is 0 Å². The van der Waals surface area contributed by atoms with E-state index in [9.17, 15) is 10.0 Å². The zero-order valence-electron chi connectivity index (χ0n) is 53.5. The molecule has 99 heavy (non-hydrogen) atoms. The molecule has 0 fully saturated rings. The molecule has 0 saturated carbocycles. The van der Waals surface area contributed by atoms with Crippen LogP contribution in [0, 0.1) is 0 Å². The molecule has 0 atom stereocenters. The van der Waals surface area contributed by atoms with Crippen molar-refractivity contribution in [1.82, 2.24) is 0 Å². The van der Waals surface area contributed by atoms with E-state index in [0.29, 0.717) is 5.46 Å². The van der Waals surface area contributed by atoms with Gasteiger partial charge in [-0.1, -0.05) is 322 Å². The average molecular weight is 1390 g/mol. The quantitative estimate of drug-likeness (QED) is 0.105. The van der Waals surface area contributed by atoms with Gasteiger partial charge in [0.1, 0.15) is 0 Å². The van der Waals surface area contributed by atoms with Gasteiger partial charge in [0.2, 0.25) is 0 Å². The van der Waals surface area contributed by atoms with Crippen molar-refractivity contribution in [3.05, 3.63) is 343 Å². The molecule has 21 rings (SSSR count). The first-order valence-corrected chi connectivity index (χ1v) is 35.3. The van der Waals surface area contributed by atoms with Crippen LogP contribution >= 0.6 is 31.9 Å². The van der Waals surface area contributed by atoms with Gasteiger partial charge in [-0.05, 0) is 244 Å². The van der Waals surface area contributed by atoms with Gasteiger partial charge in [-0.15, -0.1) is 0 Å². The van der Waals surface area contributed by atoms with Crippen LogP contribution < -0.4 is 5.46 Å². The van der Waals surface area contributed by atoms with Crippen LogP contribution in [-0.4, -0.2) is 17.2 Å². The van der Waals surface area contributed by atoms with Gasteiger partial charge < -0.3 is 10.0 Å². The Hall–Kier alpha value is -11.3. The maximum atomic E-state index is 9.92. The van der Waals surface area contributed by atoms with Crippen molar-refractivity contribution >= 4 is 217 Å². The Labute approximate surface area is 587 Å². The summed E-state index contributed by atoms with van der Waals surface area (Å²) in [6.07, 6.45) is 0. The lowest BCUT2D eigenvalue weighted by molar-refractivity contribution is 0.426. The minimum absolute atomic E-state index is 0.545. The molecule has 0 amide bonds. The number of fused-ring (bicyclic) bond motifs is 28. The Kier molecular flexibility index (Phi) is 14.2. The van der Waals surface area contributed by atoms with Crippen molar-refractivity contribution in [1.29, 1.82) is 0 Å².